The number of rotatable bonds is 1. The van der Waals surface area contributed by atoms with Gasteiger partial charge in [-0.25, -0.2) is 9.78 Å². The molecule has 1 N–H and O–H groups in total. The molecule has 1 amide bonds. The normalized spacial score (nSPS) is 14.9. The van der Waals surface area contributed by atoms with E-state index in [1.165, 1.54) is 11.8 Å². The van der Waals surface area contributed by atoms with Crippen LogP contribution in [-0.4, -0.2) is 39.4 Å². The molecule has 0 unspecified atom stereocenters. The van der Waals surface area contributed by atoms with Crippen molar-refractivity contribution in [2.45, 2.75) is 44.5 Å². The van der Waals surface area contributed by atoms with Crippen LogP contribution in [0.1, 0.15) is 32.0 Å². The minimum absolute atomic E-state index is 0.174. The van der Waals surface area contributed by atoms with Crippen LogP contribution in [-0.2, 0) is 17.7 Å². The lowest BCUT2D eigenvalue weighted by Crippen LogP contribution is -2.42. The number of ether oxygens (including phenoxy) is 1. The highest BCUT2D eigenvalue weighted by atomic mass is 32.2. The molecule has 0 saturated heterocycles. The van der Waals surface area contributed by atoms with E-state index in [0.717, 1.165) is 5.69 Å². The van der Waals surface area contributed by atoms with E-state index < -0.39 is 11.7 Å². The van der Waals surface area contributed by atoms with E-state index >= 15 is 0 Å². The summed E-state index contributed by atoms with van der Waals surface area (Å²) in [6.07, 6.45) is 2.04. The molecule has 1 aliphatic heterocycles. The molecule has 20 heavy (non-hydrogen) atoms. The molecule has 2 heterocycles. The minimum atomic E-state index is -0.537. The Morgan fingerprint density at radius 1 is 1.45 bits per heavy atom. The number of H-pyrrole nitrogens is 1. The van der Waals surface area contributed by atoms with Crippen LogP contribution in [0, 0.1) is 0 Å². The van der Waals surface area contributed by atoms with Crippen molar-refractivity contribution in [3.8, 4) is 0 Å². The lowest BCUT2D eigenvalue weighted by molar-refractivity contribution is 0.0221. The number of thioether (sulfide) groups is 1. The molecule has 0 bridgehead atoms. The number of hydrogen-bond donors (Lipinski definition) is 1. The van der Waals surface area contributed by atoms with Gasteiger partial charge in [-0.1, -0.05) is 11.8 Å². The van der Waals surface area contributed by atoms with E-state index in [-0.39, 0.29) is 12.1 Å². The quantitative estimate of drug-likeness (QED) is 0.632. The zero-order chi connectivity index (χ0) is 14.9. The van der Waals surface area contributed by atoms with Gasteiger partial charge >= 0.3 is 6.09 Å². The summed E-state index contributed by atoms with van der Waals surface area (Å²) in [7, 11) is 0. The Morgan fingerprint density at radius 2 is 2.15 bits per heavy atom. The van der Waals surface area contributed by atoms with Gasteiger partial charge in [-0.2, -0.15) is 0 Å². The molecule has 2 rings (SSSR count). The van der Waals surface area contributed by atoms with Gasteiger partial charge in [0.2, 0.25) is 0 Å². The second-order valence-corrected chi connectivity index (χ2v) is 6.45. The van der Waals surface area contributed by atoms with Crippen LogP contribution < -0.4 is 5.56 Å². The number of carbonyl (C=O) groups excluding carboxylic acids is 1. The summed E-state index contributed by atoms with van der Waals surface area (Å²) in [5.41, 5.74) is 0.621. The molecule has 0 saturated carbocycles. The van der Waals surface area contributed by atoms with Gasteiger partial charge in [0.1, 0.15) is 5.60 Å². The first-order valence-corrected chi connectivity index (χ1v) is 7.66. The minimum Gasteiger partial charge on any atom is -0.444 e. The predicted octanol–water partition coefficient (Wildman–Crippen LogP) is 1.79. The third-order valence-corrected chi connectivity index (χ3v) is 3.47. The van der Waals surface area contributed by atoms with Crippen LogP contribution in [0.2, 0.25) is 0 Å². The largest absolute Gasteiger partial charge is 0.444 e. The zero-order valence-electron chi connectivity index (χ0n) is 12.1. The highest BCUT2D eigenvalue weighted by molar-refractivity contribution is 7.98. The molecule has 0 aliphatic carbocycles. The van der Waals surface area contributed by atoms with Gasteiger partial charge in [0.25, 0.3) is 5.56 Å². The summed E-state index contributed by atoms with van der Waals surface area (Å²) < 4.78 is 5.33. The Morgan fingerprint density at radius 3 is 2.75 bits per heavy atom. The third-order valence-electron chi connectivity index (χ3n) is 2.89. The fourth-order valence-electron chi connectivity index (χ4n) is 1.98. The zero-order valence-corrected chi connectivity index (χ0v) is 13.0. The number of nitrogens with one attached hydrogen (secondary N) is 1. The number of fused-ring (bicyclic) bond motifs is 1. The number of aromatic nitrogens is 2. The standard InChI is InChI=1S/C13H19N3O3S/c1-13(2,3)19-12(18)16-6-5-9-8(7-16)10(17)15-11(14-9)20-4/h5-7H2,1-4H3,(H,14,15,17). The fraction of sp³-hybridized carbons (Fsp3) is 0.615. The highest BCUT2D eigenvalue weighted by Crippen LogP contribution is 2.18. The van der Waals surface area contributed by atoms with Crippen molar-refractivity contribution in [2.24, 2.45) is 0 Å². The summed E-state index contributed by atoms with van der Waals surface area (Å²) in [5.74, 6) is 0. The van der Waals surface area contributed by atoms with Gasteiger partial charge in [-0.3, -0.25) is 4.79 Å². The molecular formula is C13H19N3O3S. The second-order valence-electron chi connectivity index (χ2n) is 5.65. The molecule has 1 aliphatic rings. The van der Waals surface area contributed by atoms with Crippen molar-refractivity contribution in [3.05, 3.63) is 21.6 Å². The molecular weight excluding hydrogens is 278 g/mol. The summed E-state index contributed by atoms with van der Waals surface area (Å²) >= 11 is 1.40. The smallest absolute Gasteiger partial charge is 0.410 e. The van der Waals surface area contributed by atoms with E-state index in [4.69, 9.17) is 4.74 Å². The van der Waals surface area contributed by atoms with Gasteiger partial charge in [-0.05, 0) is 27.0 Å². The Hall–Kier alpha value is -1.50. The van der Waals surface area contributed by atoms with E-state index in [0.29, 0.717) is 23.7 Å². The first kappa shape index (κ1) is 14.9. The maximum atomic E-state index is 12.0. The number of hydrogen-bond acceptors (Lipinski definition) is 5. The molecule has 6 nitrogen and oxygen atoms in total. The van der Waals surface area contributed by atoms with E-state index in [1.54, 1.807) is 4.90 Å². The van der Waals surface area contributed by atoms with Gasteiger partial charge < -0.3 is 14.6 Å². The average molecular weight is 297 g/mol. The van der Waals surface area contributed by atoms with Crippen LogP contribution in [0.4, 0.5) is 4.79 Å². The molecule has 1 aromatic rings. The SMILES string of the molecule is CSc1nc2c(c(=O)[nH]1)CN(C(=O)OC(C)(C)C)CC2. The summed E-state index contributed by atoms with van der Waals surface area (Å²) in [6.45, 7) is 6.24. The van der Waals surface area contributed by atoms with Gasteiger partial charge in [0, 0.05) is 13.0 Å². The lowest BCUT2D eigenvalue weighted by atomic mass is 10.1. The van der Waals surface area contributed by atoms with Crippen molar-refractivity contribution in [3.63, 3.8) is 0 Å². The Balaban J connectivity index is 2.19. The predicted molar refractivity (Wildman–Crippen MR) is 77.0 cm³/mol. The van der Waals surface area contributed by atoms with Crippen LogP contribution >= 0.6 is 11.8 Å². The van der Waals surface area contributed by atoms with Crippen molar-refractivity contribution < 1.29 is 9.53 Å². The van der Waals surface area contributed by atoms with Crippen molar-refractivity contribution in [1.82, 2.24) is 14.9 Å². The van der Waals surface area contributed by atoms with E-state index in [1.807, 2.05) is 27.0 Å². The maximum absolute atomic E-state index is 12.0. The molecule has 0 spiro atoms. The average Bonchev–Trinajstić information content (AvgIpc) is 2.36. The van der Waals surface area contributed by atoms with E-state index in [9.17, 15) is 9.59 Å². The van der Waals surface area contributed by atoms with Crippen LogP contribution in [0.3, 0.4) is 0 Å². The molecule has 0 atom stereocenters. The van der Waals surface area contributed by atoms with Crippen molar-refractivity contribution >= 4 is 17.9 Å². The number of carbonyl (C=O) groups is 1. The second kappa shape index (κ2) is 5.47. The number of amides is 1. The molecule has 0 fully saturated rings. The fourth-order valence-corrected chi connectivity index (χ4v) is 2.38. The van der Waals surface area contributed by atoms with Crippen LogP contribution in [0.5, 0.6) is 0 Å². The van der Waals surface area contributed by atoms with E-state index in [2.05, 4.69) is 9.97 Å². The molecule has 0 radical (unpaired) electrons. The van der Waals surface area contributed by atoms with Gasteiger partial charge in [0.15, 0.2) is 5.16 Å². The topological polar surface area (TPSA) is 75.3 Å². The number of nitrogens with zero attached hydrogens (tertiary/aromatic N) is 2. The van der Waals surface area contributed by atoms with Gasteiger partial charge in [-0.15, -0.1) is 0 Å². The molecule has 0 aromatic carbocycles. The highest BCUT2D eigenvalue weighted by Gasteiger charge is 2.27. The first-order valence-electron chi connectivity index (χ1n) is 6.44. The maximum Gasteiger partial charge on any atom is 0.410 e. The molecule has 110 valence electrons. The van der Waals surface area contributed by atoms with Gasteiger partial charge in [0.05, 0.1) is 17.8 Å². The Labute approximate surface area is 121 Å². The molecule has 7 heteroatoms. The summed E-state index contributed by atoms with van der Waals surface area (Å²) in [5, 5.41) is 0.611. The van der Waals surface area contributed by atoms with Crippen LogP contribution in [0.25, 0.3) is 0 Å². The Bertz CT molecular complexity index is 577. The van der Waals surface area contributed by atoms with Crippen molar-refractivity contribution in [1.29, 1.82) is 0 Å². The first-order chi connectivity index (χ1) is 9.30. The number of aromatic amines is 1. The molecule has 1 aromatic heterocycles. The summed E-state index contributed by atoms with van der Waals surface area (Å²) in [4.78, 5) is 32.7. The van der Waals surface area contributed by atoms with Crippen LogP contribution in [0.15, 0.2) is 9.95 Å². The Kier molecular flexibility index (Phi) is 4.08. The monoisotopic (exact) mass is 297 g/mol. The summed E-state index contributed by atoms with van der Waals surface area (Å²) in [6, 6.07) is 0. The lowest BCUT2D eigenvalue weighted by Gasteiger charge is -2.30. The third kappa shape index (κ3) is 3.33. The van der Waals surface area contributed by atoms with Crippen molar-refractivity contribution in [2.75, 3.05) is 12.8 Å².